The minimum Gasteiger partial charge on any atom is -0.309 e. The first-order chi connectivity index (χ1) is 9.43. The second-order valence-electron chi connectivity index (χ2n) is 5.18. The van der Waals surface area contributed by atoms with Crippen molar-refractivity contribution in [1.29, 1.82) is 0 Å². The number of nitrogens with one attached hydrogen (secondary N) is 1. The summed E-state index contributed by atoms with van der Waals surface area (Å²) in [4.78, 5) is 0. The molecule has 0 amide bonds. The molecule has 0 saturated heterocycles. The largest absolute Gasteiger partial charge is 0.309 e. The molecule has 0 aliphatic heterocycles. The lowest BCUT2D eigenvalue weighted by Crippen LogP contribution is -2.20. The molecule has 1 N–H and O–H groups in total. The predicted molar refractivity (Wildman–Crippen MR) is 88.0 cm³/mol. The first-order valence-electron chi connectivity index (χ1n) is 6.64. The maximum atomic E-state index is 6.19. The Morgan fingerprint density at radius 1 is 0.850 bits per heavy atom. The summed E-state index contributed by atoms with van der Waals surface area (Å²) < 4.78 is 0. The van der Waals surface area contributed by atoms with E-state index in [-0.39, 0.29) is 6.04 Å². The van der Waals surface area contributed by atoms with Gasteiger partial charge in [-0.1, -0.05) is 35.3 Å². The molecule has 0 bridgehead atoms. The molecule has 2 aromatic rings. The van der Waals surface area contributed by atoms with Crippen LogP contribution in [0.4, 0.5) is 0 Å². The molecule has 0 heterocycles. The number of aryl methyl sites for hydroxylation is 3. The first kappa shape index (κ1) is 15.4. The van der Waals surface area contributed by atoms with Crippen LogP contribution >= 0.6 is 23.2 Å². The fraction of sp³-hybridized carbons (Fsp3) is 0.294. The first-order valence-corrected chi connectivity index (χ1v) is 7.39. The highest BCUT2D eigenvalue weighted by atomic mass is 35.5. The van der Waals surface area contributed by atoms with Crippen LogP contribution in [0.25, 0.3) is 0 Å². The molecule has 1 unspecified atom stereocenters. The lowest BCUT2D eigenvalue weighted by Gasteiger charge is -2.22. The summed E-state index contributed by atoms with van der Waals surface area (Å²) >= 11 is 12.3. The van der Waals surface area contributed by atoms with Gasteiger partial charge in [-0.15, -0.1) is 0 Å². The summed E-state index contributed by atoms with van der Waals surface area (Å²) in [6, 6.07) is 10.3. The molecule has 0 radical (unpaired) electrons. The molecular weight excluding hydrogens is 289 g/mol. The second-order valence-corrected chi connectivity index (χ2v) is 6.02. The van der Waals surface area contributed by atoms with Gasteiger partial charge in [0.25, 0.3) is 0 Å². The monoisotopic (exact) mass is 307 g/mol. The Bertz CT molecular complexity index is 635. The molecule has 3 heteroatoms. The molecule has 20 heavy (non-hydrogen) atoms. The molecule has 2 aromatic carbocycles. The number of benzene rings is 2. The molecule has 106 valence electrons. The van der Waals surface area contributed by atoms with Gasteiger partial charge in [0.1, 0.15) is 0 Å². The van der Waals surface area contributed by atoms with Crippen LogP contribution in [-0.4, -0.2) is 7.05 Å². The maximum Gasteiger partial charge on any atom is 0.0580 e. The van der Waals surface area contributed by atoms with Crippen molar-refractivity contribution in [2.75, 3.05) is 7.05 Å². The van der Waals surface area contributed by atoms with Gasteiger partial charge in [-0.3, -0.25) is 0 Å². The third-order valence-electron chi connectivity index (χ3n) is 3.70. The van der Waals surface area contributed by atoms with E-state index < -0.39 is 0 Å². The predicted octanol–water partition coefficient (Wildman–Crippen LogP) is 5.23. The summed E-state index contributed by atoms with van der Waals surface area (Å²) in [6.07, 6.45) is 0. The minimum atomic E-state index is 0.115. The average molecular weight is 308 g/mol. The lowest BCUT2D eigenvalue weighted by atomic mass is 9.91. The Morgan fingerprint density at radius 2 is 1.50 bits per heavy atom. The Balaban J connectivity index is 2.58. The van der Waals surface area contributed by atoms with E-state index in [0.717, 1.165) is 15.6 Å². The highest BCUT2D eigenvalue weighted by molar-refractivity contribution is 6.31. The SMILES string of the molecule is CNC(c1cc(Cl)ccc1C)c1cc(C)c(Cl)cc1C. The van der Waals surface area contributed by atoms with E-state index >= 15 is 0 Å². The van der Waals surface area contributed by atoms with Gasteiger partial charge in [-0.2, -0.15) is 0 Å². The van der Waals surface area contributed by atoms with Crippen LogP contribution < -0.4 is 5.32 Å². The van der Waals surface area contributed by atoms with Crippen molar-refractivity contribution in [3.63, 3.8) is 0 Å². The van der Waals surface area contributed by atoms with Crippen molar-refractivity contribution in [3.05, 3.63) is 68.2 Å². The Morgan fingerprint density at radius 3 is 2.15 bits per heavy atom. The average Bonchev–Trinajstić information content (AvgIpc) is 2.40. The number of rotatable bonds is 3. The molecule has 0 fully saturated rings. The van der Waals surface area contributed by atoms with Gasteiger partial charge in [0, 0.05) is 10.0 Å². The van der Waals surface area contributed by atoms with Crippen LogP contribution in [0.1, 0.15) is 33.9 Å². The molecule has 0 aliphatic carbocycles. The highest BCUT2D eigenvalue weighted by Crippen LogP contribution is 2.31. The van der Waals surface area contributed by atoms with Crippen molar-refractivity contribution < 1.29 is 0 Å². The Kier molecular flexibility index (Phi) is 4.74. The van der Waals surface area contributed by atoms with Gasteiger partial charge >= 0.3 is 0 Å². The van der Waals surface area contributed by atoms with Crippen molar-refractivity contribution in [2.24, 2.45) is 0 Å². The molecule has 0 aliphatic rings. The summed E-state index contributed by atoms with van der Waals surface area (Å²) in [5.41, 5.74) is 5.93. The Labute approximate surface area is 130 Å². The Hall–Kier alpha value is -1.02. The molecule has 1 atom stereocenters. The molecular formula is C17H19Cl2N. The highest BCUT2D eigenvalue weighted by Gasteiger charge is 2.17. The van der Waals surface area contributed by atoms with E-state index in [1.807, 2.05) is 32.2 Å². The zero-order valence-electron chi connectivity index (χ0n) is 12.2. The van der Waals surface area contributed by atoms with Crippen LogP contribution in [0.5, 0.6) is 0 Å². The molecule has 0 saturated carbocycles. The van der Waals surface area contributed by atoms with Crippen LogP contribution in [-0.2, 0) is 0 Å². The normalized spacial score (nSPS) is 12.5. The molecule has 2 rings (SSSR count). The summed E-state index contributed by atoms with van der Waals surface area (Å²) in [5, 5.41) is 4.96. The quantitative estimate of drug-likeness (QED) is 0.819. The van der Waals surface area contributed by atoms with Gasteiger partial charge < -0.3 is 5.32 Å². The topological polar surface area (TPSA) is 12.0 Å². The van der Waals surface area contributed by atoms with E-state index in [1.54, 1.807) is 0 Å². The number of hydrogen-bond acceptors (Lipinski definition) is 1. The zero-order chi connectivity index (χ0) is 14.9. The molecule has 0 spiro atoms. The second kappa shape index (κ2) is 6.17. The van der Waals surface area contributed by atoms with E-state index in [1.165, 1.54) is 22.3 Å². The maximum absolute atomic E-state index is 6.19. The smallest absolute Gasteiger partial charge is 0.0580 e. The fourth-order valence-corrected chi connectivity index (χ4v) is 2.91. The van der Waals surface area contributed by atoms with Crippen LogP contribution in [0.2, 0.25) is 10.0 Å². The summed E-state index contributed by atoms with van der Waals surface area (Å²) in [6.45, 7) is 6.22. The van der Waals surface area contributed by atoms with Gasteiger partial charge in [-0.05, 0) is 73.8 Å². The van der Waals surface area contributed by atoms with Crippen molar-refractivity contribution >= 4 is 23.2 Å². The minimum absolute atomic E-state index is 0.115. The number of halogens is 2. The van der Waals surface area contributed by atoms with Crippen molar-refractivity contribution in [2.45, 2.75) is 26.8 Å². The van der Waals surface area contributed by atoms with E-state index in [9.17, 15) is 0 Å². The van der Waals surface area contributed by atoms with Crippen LogP contribution in [0, 0.1) is 20.8 Å². The van der Waals surface area contributed by atoms with Crippen molar-refractivity contribution in [3.8, 4) is 0 Å². The molecule has 0 aromatic heterocycles. The lowest BCUT2D eigenvalue weighted by molar-refractivity contribution is 0.683. The fourth-order valence-electron chi connectivity index (χ4n) is 2.52. The summed E-state index contributed by atoms with van der Waals surface area (Å²) in [7, 11) is 1.97. The van der Waals surface area contributed by atoms with Crippen LogP contribution in [0.15, 0.2) is 30.3 Å². The van der Waals surface area contributed by atoms with Crippen molar-refractivity contribution in [1.82, 2.24) is 5.32 Å². The third kappa shape index (κ3) is 3.01. The summed E-state index contributed by atoms with van der Waals surface area (Å²) in [5.74, 6) is 0. The third-order valence-corrected chi connectivity index (χ3v) is 4.34. The number of hydrogen-bond donors (Lipinski definition) is 1. The van der Waals surface area contributed by atoms with Crippen LogP contribution in [0.3, 0.4) is 0 Å². The zero-order valence-corrected chi connectivity index (χ0v) is 13.7. The van der Waals surface area contributed by atoms with Gasteiger partial charge in [-0.25, -0.2) is 0 Å². The standard InChI is InChI=1S/C17H19Cl2N/c1-10-5-6-13(18)9-15(10)17(20-4)14-7-12(3)16(19)8-11(14)2/h5-9,17,20H,1-4H3. The van der Waals surface area contributed by atoms with E-state index in [2.05, 4.69) is 31.3 Å². The van der Waals surface area contributed by atoms with E-state index in [0.29, 0.717) is 0 Å². The van der Waals surface area contributed by atoms with Gasteiger partial charge in [0.2, 0.25) is 0 Å². The molecule has 1 nitrogen and oxygen atoms in total. The van der Waals surface area contributed by atoms with Gasteiger partial charge in [0.05, 0.1) is 6.04 Å². The van der Waals surface area contributed by atoms with E-state index in [4.69, 9.17) is 23.2 Å². The van der Waals surface area contributed by atoms with Gasteiger partial charge in [0.15, 0.2) is 0 Å².